The van der Waals surface area contributed by atoms with Gasteiger partial charge in [-0.2, -0.15) is 0 Å². The molecule has 0 radical (unpaired) electrons. The minimum atomic E-state index is -0.979. The Labute approximate surface area is 184 Å². The van der Waals surface area contributed by atoms with Crippen LogP contribution in [0.1, 0.15) is 103 Å². The Morgan fingerprint density at radius 2 is 1.37 bits per heavy atom. The summed E-state index contributed by atoms with van der Waals surface area (Å²) in [6.07, 6.45) is 20.8. The average Bonchev–Trinajstić information content (AvgIpc) is 3.08. The smallest absolute Gasteiger partial charge is 0.114 e. The molecule has 5 nitrogen and oxygen atoms in total. The number of aliphatic hydroxyl groups is 3. The first kappa shape index (κ1) is 27.6. The second-order valence-corrected chi connectivity index (χ2v) is 8.74. The third-order valence-corrected chi connectivity index (χ3v) is 5.97. The lowest BCUT2D eigenvalue weighted by atomic mass is 10.1. The SMILES string of the molecule is CCCCCCC/C=C/CCCCCCCCCCO[C@@H](CO)[C@@H]1OC[C@@H](O)[C@@H]1O. The predicted molar refractivity (Wildman–Crippen MR) is 123 cm³/mol. The molecule has 30 heavy (non-hydrogen) atoms. The average molecular weight is 429 g/mol. The Kier molecular flexibility index (Phi) is 17.7. The summed E-state index contributed by atoms with van der Waals surface area (Å²) in [5, 5.41) is 28.8. The summed E-state index contributed by atoms with van der Waals surface area (Å²) in [5.74, 6) is 0. The lowest BCUT2D eigenvalue weighted by Gasteiger charge is -2.24. The molecule has 1 heterocycles. The van der Waals surface area contributed by atoms with Gasteiger partial charge in [0.25, 0.3) is 0 Å². The molecule has 1 fully saturated rings. The molecule has 0 aromatic heterocycles. The van der Waals surface area contributed by atoms with Crippen LogP contribution in [0.3, 0.4) is 0 Å². The van der Waals surface area contributed by atoms with E-state index in [2.05, 4.69) is 19.1 Å². The van der Waals surface area contributed by atoms with Crippen LogP contribution in [-0.2, 0) is 9.47 Å². The fourth-order valence-electron chi connectivity index (χ4n) is 3.97. The first-order valence-corrected chi connectivity index (χ1v) is 12.6. The van der Waals surface area contributed by atoms with Crippen LogP contribution in [0.5, 0.6) is 0 Å². The topological polar surface area (TPSA) is 79.2 Å². The second kappa shape index (κ2) is 19.2. The molecule has 0 spiro atoms. The quantitative estimate of drug-likeness (QED) is 0.190. The van der Waals surface area contributed by atoms with Crippen LogP contribution in [0.2, 0.25) is 0 Å². The molecule has 3 N–H and O–H groups in total. The van der Waals surface area contributed by atoms with Crippen LogP contribution in [-0.4, -0.2) is 59.6 Å². The number of hydrogen-bond acceptors (Lipinski definition) is 5. The van der Waals surface area contributed by atoms with Crippen LogP contribution in [0.15, 0.2) is 12.2 Å². The van der Waals surface area contributed by atoms with E-state index >= 15 is 0 Å². The van der Waals surface area contributed by atoms with Crippen LogP contribution >= 0.6 is 0 Å². The zero-order valence-corrected chi connectivity index (χ0v) is 19.4. The maximum absolute atomic E-state index is 9.84. The van der Waals surface area contributed by atoms with Crippen molar-refractivity contribution in [3.05, 3.63) is 12.2 Å². The maximum Gasteiger partial charge on any atom is 0.114 e. The van der Waals surface area contributed by atoms with Crippen molar-refractivity contribution in [2.24, 2.45) is 0 Å². The number of aliphatic hydroxyl groups excluding tert-OH is 3. The highest BCUT2D eigenvalue weighted by molar-refractivity contribution is 4.88. The molecular weight excluding hydrogens is 380 g/mol. The minimum absolute atomic E-state index is 0.0983. The Morgan fingerprint density at radius 1 is 0.833 bits per heavy atom. The number of ether oxygens (including phenoxy) is 2. The summed E-state index contributed by atoms with van der Waals surface area (Å²) >= 11 is 0. The number of allylic oxidation sites excluding steroid dienone is 2. The summed E-state index contributed by atoms with van der Waals surface area (Å²) in [6.45, 7) is 2.71. The molecular formula is C25H48O5. The molecule has 0 aliphatic carbocycles. The Bertz CT molecular complexity index is 401. The van der Waals surface area contributed by atoms with Gasteiger partial charge in [0, 0.05) is 6.61 Å². The first-order valence-electron chi connectivity index (χ1n) is 12.6. The lowest BCUT2D eigenvalue weighted by molar-refractivity contribution is -0.101. The van der Waals surface area contributed by atoms with Gasteiger partial charge in [0.2, 0.25) is 0 Å². The molecule has 0 saturated carbocycles. The number of hydrogen-bond donors (Lipinski definition) is 3. The van der Waals surface area contributed by atoms with Gasteiger partial charge in [-0.3, -0.25) is 0 Å². The molecule has 1 aliphatic rings. The zero-order chi connectivity index (χ0) is 21.9. The van der Waals surface area contributed by atoms with Gasteiger partial charge in [-0.25, -0.2) is 0 Å². The summed E-state index contributed by atoms with van der Waals surface area (Å²) in [5.41, 5.74) is 0. The van der Waals surface area contributed by atoms with Gasteiger partial charge < -0.3 is 24.8 Å². The monoisotopic (exact) mass is 428 g/mol. The van der Waals surface area contributed by atoms with Gasteiger partial charge in [-0.15, -0.1) is 0 Å². The van der Waals surface area contributed by atoms with Crippen molar-refractivity contribution in [1.82, 2.24) is 0 Å². The van der Waals surface area contributed by atoms with Gasteiger partial charge in [-0.05, 0) is 32.1 Å². The molecule has 1 saturated heterocycles. The Hall–Kier alpha value is -0.460. The van der Waals surface area contributed by atoms with Crippen molar-refractivity contribution in [1.29, 1.82) is 0 Å². The normalized spacial score (nSPS) is 22.9. The molecule has 4 atom stereocenters. The fraction of sp³-hybridized carbons (Fsp3) is 0.920. The van der Waals surface area contributed by atoms with Crippen molar-refractivity contribution < 1.29 is 24.8 Å². The second-order valence-electron chi connectivity index (χ2n) is 8.74. The summed E-state index contributed by atoms with van der Waals surface area (Å²) < 4.78 is 11.0. The Morgan fingerprint density at radius 3 is 1.87 bits per heavy atom. The summed E-state index contributed by atoms with van der Waals surface area (Å²) in [4.78, 5) is 0. The summed E-state index contributed by atoms with van der Waals surface area (Å²) in [7, 11) is 0. The molecule has 1 aliphatic heterocycles. The zero-order valence-electron chi connectivity index (χ0n) is 19.4. The van der Waals surface area contributed by atoms with E-state index in [1.165, 1.54) is 83.5 Å². The van der Waals surface area contributed by atoms with E-state index in [0.717, 1.165) is 12.8 Å². The molecule has 0 unspecified atom stereocenters. The van der Waals surface area contributed by atoms with Gasteiger partial charge in [0.15, 0.2) is 0 Å². The standard InChI is InChI=1S/C25H48O5/c1-2-3-4-5-6-7-8-9-10-11-12-13-14-15-16-17-18-19-29-23(20-26)25-24(28)22(27)21-30-25/h8-9,22-28H,2-7,10-21H2,1H3/b9-8+/t22-,23+,24+,25+/m1/s1. The lowest BCUT2D eigenvalue weighted by Crippen LogP contribution is -2.42. The summed E-state index contributed by atoms with van der Waals surface area (Å²) in [6, 6.07) is 0. The highest BCUT2D eigenvalue weighted by Crippen LogP contribution is 2.20. The van der Waals surface area contributed by atoms with E-state index in [1.54, 1.807) is 0 Å². The minimum Gasteiger partial charge on any atom is -0.394 e. The van der Waals surface area contributed by atoms with Crippen molar-refractivity contribution in [2.45, 2.75) is 128 Å². The van der Waals surface area contributed by atoms with Crippen LogP contribution in [0.25, 0.3) is 0 Å². The molecule has 0 aromatic carbocycles. The van der Waals surface area contributed by atoms with Gasteiger partial charge in [-0.1, -0.05) is 83.3 Å². The fourth-order valence-corrected chi connectivity index (χ4v) is 3.97. The molecule has 1 rings (SSSR count). The van der Waals surface area contributed by atoms with Crippen molar-refractivity contribution in [3.8, 4) is 0 Å². The highest BCUT2D eigenvalue weighted by atomic mass is 16.6. The van der Waals surface area contributed by atoms with E-state index in [4.69, 9.17) is 9.47 Å². The maximum atomic E-state index is 9.84. The molecule has 0 amide bonds. The van der Waals surface area contributed by atoms with Crippen molar-refractivity contribution in [3.63, 3.8) is 0 Å². The highest BCUT2D eigenvalue weighted by Gasteiger charge is 2.40. The van der Waals surface area contributed by atoms with Crippen molar-refractivity contribution in [2.75, 3.05) is 19.8 Å². The van der Waals surface area contributed by atoms with E-state index in [9.17, 15) is 15.3 Å². The molecule has 0 bridgehead atoms. The van der Waals surface area contributed by atoms with Gasteiger partial charge in [0.1, 0.15) is 24.4 Å². The van der Waals surface area contributed by atoms with E-state index < -0.39 is 24.4 Å². The molecule has 0 aromatic rings. The van der Waals surface area contributed by atoms with E-state index in [-0.39, 0.29) is 13.2 Å². The predicted octanol–water partition coefficient (Wildman–Crippen LogP) is 4.91. The van der Waals surface area contributed by atoms with Crippen molar-refractivity contribution >= 4 is 0 Å². The third-order valence-electron chi connectivity index (χ3n) is 5.97. The number of unbranched alkanes of at least 4 members (excludes halogenated alkanes) is 13. The third kappa shape index (κ3) is 13.1. The van der Waals surface area contributed by atoms with Gasteiger partial charge in [0.05, 0.1) is 13.2 Å². The van der Waals surface area contributed by atoms with E-state index in [1.807, 2.05) is 0 Å². The molecule has 5 heteroatoms. The van der Waals surface area contributed by atoms with Crippen LogP contribution in [0.4, 0.5) is 0 Å². The van der Waals surface area contributed by atoms with E-state index in [0.29, 0.717) is 6.61 Å². The first-order chi connectivity index (χ1) is 14.7. The van der Waals surface area contributed by atoms with Gasteiger partial charge >= 0.3 is 0 Å². The molecule has 178 valence electrons. The van der Waals surface area contributed by atoms with Crippen LogP contribution < -0.4 is 0 Å². The Balaban J connectivity index is 1.83. The number of rotatable bonds is 20. The largest absolute Gasteiger partial charge is 0.394 e. The van der Waals surface area contributed by atoms with Crippen LogP contribution in [0, 0.1) is 0 Å².